The highest BCUT2D eigenvalue weighted by Gasteiger charge is 2.56. The lowest BCUT2D eigenvalue weighted by Gasteiger charge is -2.48. The van der Waals surface area contributed by atoms with E-state index in [-0.39, 0.29) is 29.4 Å². The molecule has 2 amide bonds. The number of nitrogens with one attached hydrogen (secondary N) is 1. The molecule has 0 saturated heterocycles. The van der Waals surface area contributed by atoms with Crippen molar-refractivity contribution < 1.29 is 23.5 Å². The van der Waals surface area contributed by atoms with Crippen molar-refractivity contribution in [3.05, 3.63) is 29.6 Å². The van der Waals surface area contributed by atoms with E-state index in [0.29, 0.717) is 12.3 Å². The number of amidine groups is 1. The van der Waals surface area contributed by atoms with Crippen molar-refractivity contribution in [1.29, 1.82) is 0 Å². The number of aliphatic imine (C=N–C) groups is 1. The Morgan fingerprint density at radius 2 is 1.90 bits per heavy atom. The Balaban J connectivity index is 2.10. The zero-order valence-electron chi connectivity index (χ0n) is 24.8. The van der Waals surface area contributed by atoms with Crippen LogP contribution in [0, 0.1) is 11.7 Å². The topological polar surface area (TPSA) is 106 Å². The Morgan fingerprint density at radius 1 is 1.26 bits per heavy atom. The summed E-state index contributed by atoms with van der Waals surface area (Å²) < 4.78 is 26.0. The van der Waals surface area contributed by atoms with Crippen molar-refractivity contribution >= 4 is 42.7 Å². The average molecular weight is 581 g/mol. The Morgan fingerprint density at radius 3 is 2.46 bits per heavy atom. The first-order chi connectivity index (χ1) is 17.9. The number of benzene rings is 1. The van der Waals surface area contributed by atoms with Gasteiger partial charge in [0.2, 0.25) is 5.91 Å². The number of carbonyl (C=O) groups is 2. The number of anilines is 1. The van der Waals surface area contributed by atoms with Gasteiger partial charge in [-0.3, -0.25) is 9.79 Å². The third-order valence-corrected chi connectivity index (χ3v) is 10.4. The second kappa shape index (κ2) is 11.4. The normalized spacial score (nSPS) is 25.6. The van der Waals surface area contributed by atoms with Gasteiger partial charge in [-0.05, 0) is 71.7 Å². The first-order valence-electron chi connectivity index (χ1n) is 13.6. The molecule has 3 atom stereocenters. The molecule has 0 unspecified atom stereocenters. The van der Waals surface area contributed by atoms with Crippen LogP contribution in [-0.2, 0) is 19.8 Å². The molecule has 1 fully saturated rings. The van der Waals surface area contributed by atoms with Crippen LogP contribution < -0.4 is 11.1 Å². The maximum atomic E-state index is 15.4. The minimum atomic E-state index is -1.37. The van der Waals surface area contributed by atoms with E-state index in [1.807, 2.05) is 13.8 Å². The van der Waals surface area contributed by atoms with Crippen LogP contribution >= 0.6 is 11.8 Å². The molecule has 0 radical (unpaired) electrons. The molecule has 2 aliphatic rings. The van der Waals surface area contributed by atoms with E-state index in [4.69, 9.17) is 20.2 Å². The third kappa shape index (κ3) is 7.76. The van der Waals surface area contributed by atoms with E-state index < -0.39 is 41.8 Å². The molecule has 1 aromatic rings. The van der Waals surface area contributed by atoms with E-state index in [9.17, 15) is 9.59 Å². The summed E-state index contributed by atoms with van der Waals surface area (Å²) in [5.41, 5.74) is 4.74. The molecule has 1 heterocycles. The minimum Gasteiger partial charge on any atom is -0.443 e. The quantitative estimate of drug-likeness (QED) is 0.170. The molecule has 39 heavy (non-hydrogen) atoms. The van der Waals surface area contributed by atoms with Gasteiger partial charge in [0.1, 0.15) is 22.9 Å². The molecular formula is C28H45FN4O4SSi. The average Bonchev–Trinajstić information content (AvgIpc) is 3.60. The van der Waals surface area contributed by atoms with E-state index >= 15 is 4.39 Å². The highest BCUT2D eigenvalue weighted by molar-refractivity contribution is 8.15. The lowest BCUT2D eigenvalue weighted by atomic mass is 9.73. The first kappa shape index (κ1) is 31.4. The monoisotopic (exact) mass is 580 g/mol. The summed E-state index contributed by atoms with van der Waals surface area (Å²) >= 11 is 1.19. The Labute approximate surface area is 237 Å². The van der Waals surface area contributed by atoms with Crippen LogP contribution in [0.1, 0.15) is 59.9 Å². The summed E-state index contributed by atoms with van der Waals surface area (Å²) in [6, 6.07) is 5.41. The van der Waals surface area contributed by atoms with Crippen LogP contribution in [0.15, 0.2) is 23.2 Å². The number of rotatable bonds is 8. The standard InChI is InChI=1S/C28H45FN4O4SSi/c1-18-27(5,21-16-19(30)10-13-22(21)29)32-24(38-28(18,6)23(34)31-20-11-12-20)33(25(35)37-26(2,3)4)17-36-14-15-39(7,8)9/h10,13,16,18,20H,11-12,14-15,17,30H2,1-9H3,(H,31,34)/t18-,27-,28-/m0/s1. The predicted molar refractivity (Wildman–Crippen MR) is 159 cm³/mol. The SMILES string of the molecule is C[C@@H]1[C@@](C)(C(=O)NC2CC2)SC(N(COCC[Si](C)(C)C)C(=O)OC(C)(C)C)=N[C@]1(C)c1cc(N)ccc1F. The first-order valence-corrected chi connectivity index (χ1v) is 18.1. The van der Waals surface area contributed by atoms with Gasteiger partial charge in [0.25, 0.3) is 0 Å². The van der Waals surface area contributed by atoms with Gasteiger partial charge >= 0.3 is 6.09 Å². The second-order valence-corrected chi connectivity index (χ2v) is 20.3. The molecule has 1 aliphatic heterocycles. The van der Waals surface area contributed by atoms with Crippen molar-refractivity contribution in [2.45, 2.75) is 102 Å². The van der Waals surface area contributed by atoms with Crippen LogP contribution in [0.3, 0.4) is 0 Å². The predicted octanol–water partition coefficient (Wildman–Crippen LogP) is 5.95. The lowest BCUT2D eigenvalue weighted by Crippen LogP contribution is -2.58. The molecule has 1 saturated carbocycles. The van der Waals surface area contributed by atoms with Gasteiger partial charge in [0.15, 0.2) is 5.17 Å². The highest BCUT2D eigenvalue weighted by Crippen LogP contribution is 2.52. The van der Waals surface area contributed by atoms with E-state index in [0.717, 1.165) is 18.9 Å². The molecular weight excluding hydrogens is 535 g/mol. The van der Waals surface area contributed by atoms with Gasteiger partial charge in [-0.25, -0.2) is 14.1 Å². The van der Waals surface area contributed by atoms with Gasteiger partial charge in [0.05, 0.1) is 5.54 Å². The van der Waals surface area contributed by atoms with Gasteiger partial charge in [-0.1, -0.05) is 38.3 Å². The maximum absolute atomic E-state index is 15.4. The van der Waals surface area contributed by atoms with Gasteiger partial charge < -0.3 is 20.5 Å². The molecule has 1 aliphatic carbocycles. The Kier molecular flexibility index (Phi) is 9.19. The summed E-state index contributed by atoms with van der Waals surface area (Å²) in [7, 11) is -1.37. The van der Waals surface area contributed by atoms with E-state index in [1.54, 1.807) is 33.8 Å². The van der Waals surface area contributed by atoms with Crippen molar-refractivity contribution in [3.63, 3.8) is 0 Å². The van der Waals surface area contributed by atoms with E-state index in [1.165, 1.54) is 28.8 Å². The highest BCUT2D eigenvalue weighted by atomic mass is 32.2. The number of nitrogens with two attached hydrogens (primary N) is 1. The fraction of sp³-hybridized carbons (Fsp3) is 0.679. The van der Waals surface area contributed by atoms with Crippen molar-refractivity contribution in [3.8, 4) is 0 Å². The molecule has 0 bridgehead atoms. The van der Waals surface area contributed by atoms with Crippen LogP contribution in [0.25, 0.3) is 0 Å². The number of hydrogen-bond acceptors (Lipinski definition) is 7. The zero-order valence-corrected chi connectivity index (χ0v) is 26.6. The number of amides is 2. The molecule has 0 spiro atoms. The van der Waals surface area contributed by atoms with Crippen LogP contribution in [0.4, 0.5) is 14.9 Å². The Bertz CT molecular complexity index is 1120. The second-order valence-electron chi connectivity index (χ2n) is 13.2. The number of halogens is 1. The fourth-order valence-corrected chi connectivity index (χ4v) is 6.48. The molecule has 11 heteroatoms. The molecule has 218 valence electrons. The maximum Gasteiger partial charge on any atom is 0.418 e. The Hall–Kier alpha value is -2.11. The number of nitrogen functional groups attached to an aromatic ring is 1. The largest absolute Gasteiger partial charge is 0.443 e. The molecule has 3 N–H and O–H groups in total. The number of nitrogens with zero attached hydrogens (tertiary/aromatic N) is 2. The summed E-state index contributed by atoms with van der Waals surface area (Å²) in [6.07, 6.45) is 1.21. The van der Waals surface area contributed by atoms with Crippen molar-refractivity contribution in [1.82, 2.24) is 10.2 Å². The minimum absolute atomic E-state index is 0.102. The van der Waals surface area contributed by atoms with Crippen LogP contribution in [0.2, 0.25) is 25.7 Å². The van der Waals surface area contributed by atoms with Gasteiger partial charge in [0, 0.05) is 37.9 Å². The molecule has 8 nitrogen and oxygen atoms in total. The number of carbonyl (C=O) groups excluding carboxylic acids is 2. The summed E-state index contributed by atoms with van der Waals surface area (Å²) in [4.78, 5) is 33.5. The third-order valence-electron chi connectivity index (χ3n) is 7.26. The molecule has 3 rings (SSSR count). The van der Waals surface area contributed by atoms with Crippen molar-refractivity contribution in [2.75, 3.05) is 19.1 Å². The molecule has 1 aromatic carbocycles. The van der Waals surface area contributed by atoms with E-state index in [2.05, 4.69) is 25.0 Å². The number of thioether (sulfide) groups is 1. The summed E-state index contributed by atoms with van der Waals surface area (Å²) in [5.74, 6) is -1.11. The number of hydrogen-bond donors (Lipinski definition) is 2. The van der Waals surface area contributed by atoms with Crippen LogP contribution in [-0.4, -0.2) is 59.9 Å². The van der Waals surface area contributed by atoms with Crippen LogP contribution in [0.5, 0.6) is 0 Å². The zero-order chi connectivity index (χ0) is 29.4. The van der Waals surface area contributed by atoms with Crippen molar-refractivity contribution in [2.24, 2.45) is 10.9 Å². The van der Waals surface area contributed by atoms with Gasteiger partial charge in [-0.2, -0.15) is 0 Å². The smallest absolute Gasteiger partial charge is 0.418 e. The van der Waals surface area contributed by atoms with Gasteiger partial charge in [-0.15, -0.1) is 0 Å². The summed E-state index contributed by atoms with van der Waals surface area (Å²) in [5, 5.41) is 3.35. The molecule has 0 aromatic heterocycles. The summed E-state index contributed by atoms with van der Waals surface area (Å²) in [6.45, 7) is 18.0. The number of ether oxygens (including phenoxy) is 2. The fourth-order valence-electron chi connectivity index (χ4n) is 4.31. The lowest BCUT2D eigenvalue weighted by molar-refractivity contribution is -0.125.